The molecule has 2 atom stereocenters. The number of carboxylic acids is 1. The summed E-state index contributed by atoms with van der Waals surface area (Å²) in [5, 5.41) is 9.36. The molecule has 1 aliphatic carbocycles. The lowest BCUT2D eigenvalue weighted by Crippen LogP contribution is -2.37. The first-order valence-electron chi connectivity index (χ1n) is 7.09. The van der Waals surface area contributed by atoms with Crippen molar-refractivity contribution in [3.63, 3.8) is 0 Å². The number of benzene rings is 1. The molecule has 1 saturated carbocycles. The van der Waals surface area contributed by atoms with Crippen molar-refractivity contribution in [1.82, 2.24) is 0 Å². The van der Waals surface area contributed by atoms with Crippen LogP contribution in [0.15, 0.2) is 12.1 Å². The minimum Gasteiger partial charge on any atom is -0.493 e. The number of rotatable bonds is 5. The third-order valence-corrected chi connectivity index (χ3v) is 5.37. The molecule has 1 aromatic heterocycles. The van der Waals surface area contributed by atoms with E-state index in [4.69, 9.17) is 14.6 Å². The molecule has 0 amide bonds. The van der Waals surface area contributed by atoms with Gasteiger partial charge in [-0.3, -0.25) is 9.59 Å². The van der Waals surface area contributed by atoms with Crippen molar-refractivity contribution in [1.29, 1.82) is 0 Å². The number of halogens is 1. The number of methoxy groups -OCH3 is 2. The number of hydrogen-bond donors (Lipinski definition) is 1. The molecule has 1 fully saturated rings. The zero-order valence-electron chi connectivity index (χ0n) is 12.6. The van der Waals surface area contributed by atoms with Gasteiger partial charge < -0.3 is 14.6 Å². The molecule has 1 heterocycles. The topological polar surface area (TPSA) is 72.8 Å². The molecule has 1 aliphatic rings. The van der Waals surface area contributed by atoms with E-state index in [2.05, 4.69) is 0 Å². The lowest BCUT2D eigenvalue weighted by atomic mass is 9.71. The minimum absolute atomic E-state index is 0.0103. The first-order chi connectivity index (χ1) is 11.0. The highest BCUT2D eigenvalue weighted by Crippen LogP contribution is 2.42. The Balaban J connectivity index is 2.02. The Morgan fingerprint density at radius 3 is 2.43 bits per heavy atom. The van der Waals surface area contributed by atoms with Crippen molar-refractivity contribution in [2.75, 3.05) is 14.2 Å². The molecule has 1 aromatic carbocycles. The molecule has 2 aromatic rings. The van der Waals surface area contributed by atoms with Crippen LogP contribution in [0, 0.1) is 17.7 Å². The van der Waals surface area contributed by atoms with Gasteiger partial charge in [0.05, 0.1) is 25.0 Å². The number of carbonyl (C=O) groups is 2. The lowest BCUT2D eigenvalue weighted by molar-refractivity contribution is -0.146. The van der Waals surface area contributed by atoms with E-state index in [0.29, 0.717) is 22.4 Å². The smallest absolute Gasteiger partial charge is 0.307 e. The normalized spacial score (nSPS) is 20.1. The second kappa shape index (κ2) is 5.81. The predicted octanol–water partition coefficient (Wildman–Crippen LogP) is 3.35. The quantitative estimate of drug-likeness (QED) is 0.847. The number of ether oxygens (including phenoxy) is 2. The molecular weight excluding hydrogens is 323 g/mol. The van der Waals surface area contributed by atoms with Gasteiger partial charge in [-0.15, -0.1) is 11.3 Å². The molecule has 5 nitrogen and oxygen atoms in total. The van der Waals surface area contributed by atoms with Gasteiger partial charge in [0, 0.05) is 22.1 Å². The van der Waals surface area contributed by atoms with Crippen molar-refractivity contribution in [3.8, 4) is 11.5 Å². The predicted molar refractivity (Wildman–Crippen MR) is 83.1 cm³/mol. The number of carboxylic acid groups (broad SMARTS) is 1. The Labute approximate surface area is 135 Å². The summed E-state index contributed by atoms with van der Waals surface area (Å²) >= 11 is 1.14. The summed E-state index contributed by atoms with van der Waals surface area (Å²) in [6, 6.07) is 3.09. The van der Waals surface area contributed by atoms with Crippen LogP contribution >= 0.6 is 11.3 Å². The van der Waals surface area contributed by atoms with E-state index in [1.54, 1.807) is 6.07 Å². The minimum atomic E-state index is -0.953. The average Bonchev–Trinajstić information content (AvgIpc) is 2.89. The highest BCUT2D eigenvalue weighted by molar-refractivity contribution is 7.20. The van der Waals surface area contributed by atoms with Crippen LogP contribution in [0.1, 0.15) is 22.5 Å². The maximum absolute atomic E-state index is 14.5. The molecular formula is C16H15FO5S. The van der Waals surface area contributed by atoms with Crippen LogP contribution in [0.25, 0.3) is 10.1 Å². The average molecular weight is 338 g/mol. The van der Waals surface area contributed by atoms with Crippen molar-refractivity contribution in [2.24, 2.45) is 11.8 Å². The summed E-state index contributed by atoms with van der Waals surface area (Å²) < 4.78 is 25.2. The van der Waals surface area contributed by atoms with E-state index < -0.39 is 23.6 Å². The van der Waals surface area contributed by atoms with Gasteiger partial charge in [-0.1, -0.05) is 0 Å². The fourth-order valence-corrected chi connectivity index (χ4v) is 3.94. The molecule has 0 saturated heterocycles. The largest absolute Gasteiger partial charge is 0.493 e. The Hall–Kier alpha value is -2.15. The van der Waals surface area contributed by atoms with E-state index in [-0.39, 0.29) is 22.7 Å². The van der Waals surface area contributed by atoms with Crippen molar-refractivity contribution >= 4 is 33.2 Å². The first kappa shape index (κ1) is 15.7. The van der Waals surface area contributed by atoms with Crippen molar-refractivity contribution < 1.29 is 28.6 Å². The summed E-state index contributed by atoms with van der Waals surface area (Å²) in [7, 11) is 2.76. The van der Waals surface area contributed by atoms with E-state index in [1.165, 1.54) is 20.3 Å². The third-order valence-electron chi connectivity index (χ3n) is 4.28. The van der Waals surface area contributed by atoms with E-state index in [1.807, 2.05) is 0 Å². The fourth-order valence-electron chi connectivity index (χ4n) is 2.85. The van der Waals surface area contributed by atoms with Crippen LogP contribution in [-0.2, 0) is 4.79 Å². The van der Waals surface area contributed by atoms with Crippen LogP contribution in [0.2, 0.25) is 0 Å². The van der Waals surface area contributed by atoms with Gasteiger partial charge in [0.15, 0.2) is 23.1 Å². The number of Topliss-reactive ketones (excluding diaryl/α,β-unsaturated/α-hetero) is 1. The first-order valence-corrected chi connectivity index (χ1v) is 7.90. The summed E-state index contributed by atoms with van der Waals surface area (Å²) in [5.74, 6) is -2.68. The van der Waals surface area contributed by atoms with Gasteiger partial charge in [-0.05, 0) is 18.9 Å². The molecule has 0 bridgehead atoms. The second-order valence-electron chi connectivity index (χ2n) is 5.44. The lowest BCUT2D eigenvalue weighted by Gasteiger charge is -2.31. The van der Waals surface area contributed by atoms with Gasteiger partial charge >= 0.3 is 5.97 Å². The molecule has 7 heteroatoms. The zero-order valence-corrected chi connectivity index (χ0v) is 13.4. The van der Waals surface area contributed by atoms with Gasteiger partial charge in [-0.25, -0.2) is 4.39 Å². The van der Waals surface area contributed by atoms with Crippen LogP contribution in [0.4, 0.5) is 4.39 Å². The van der Waals surface area contributed by atoms with Crippen LogP contribution in [0.3, 0.4) is 0 Å². The Kier molecular flexibility index (Phi) is 3.97. The zero-order chi connectivity index (χ0) is 16.7. The molecule has 1 N–H and O–H groups in total. The van der Waals surface area contributed by atoms with Gasteiger partial charge in [0.2, 0.25) is 0 Å². The van der Waals surface area contributed by atoms with Crippen LogP contribution < -0.4 is 9.47 Å². The summed E-state index contributed by atoms with van der Waals surface area (Å²) in [5.41, 5.74) is 0. The highest BCUT2D eigenvalue weighted by Gasteiger charge is 2.42. The SMILES string of the molecule is COc1cc2sc(C(=O)[C@@H]3CC[C@H]3C(=O)O)cc2c(F)c1OC. The Morgan fingerprint density at radius 1 is 1.22 bits per heavy atom. The van der Waals surface area contributed by atoms with Crippen molar-refractivity contribution in [2.45, 2.75) is 12.8 Å². The second-order valence-corrected chi connectivity index (χ2v) is 6.53. The number of thiophene rings is 1. The molecule has 3 rings (SSSR count). The summed E-state index contributed by atoms with van der Waals surface area (Å²) in [4.78, 5) is 23.9. The summed E-state index contributed by atoms with van der Waals surface area (Å²) in [6.07, 6.45) is 1.06. The molecule has 0 spiro atoms. The molecule has 0 unspecified atom stereocenters. The number of hydrogen-bond acceptors (Lipinski definition) is 5. The number of ketones is 1. The fraction of sp³-hybridized carbons (Fsp3) is 0.375. The molecule has 0 aliphatic heterocycles. The molecule has 0 radical (unpaired) electrons. The van der Waals surface area contributed by atoms with Gasteiger partial charge in [0.25, 0.3) is 0 Å². The molecule has 23 heavy (non-hydrogen) atoms. The third kappa shape index (κ3) is 2.45. The Bertz CT molecular complexity index is 797. The van der Waals surface area contributed by atoms with Crippen LogP contribution in [0.5, 0.6) is 11.5 Å². The number of aliphatic carboxylic acids is 1. The van der Waals surface area contributed by atoms with E-state index in [0.717, 1.165) is 11.3 Å². The van der Waals surface area contributed by atoms with Crippen molar-refractivity contribution in [3.05, 3.63) is 22.8 Å². The Morgan fingerprint density at radius 2 is 1.91 bits per heavy atom. The van der Waals surface area contributed by atoms with Gasteiger partial charge in [-0.2, -0.15) is 0 Å². The molecule has 122 valence electrons. The van der Waals surface area contributed by atoms with Gasteiger partial charge in [0.1, 0.15) is 0 Å². The maximum atomic E-state index is 14.5. The monoisotopic (exact) mass is 338 g/mol. The van der Waals surface area contributed by atoms with Crippen LogP contribution in [-0.4, -0.2) is 31.1 Å². The van der Waals surface area contributed by atoms with E-state index >= 15 is 0 Å². The standard InChI is InChI=1S/C16H15FO5S/c1-21-10-6-11-9(13(17)15(10)22-2)5-12(23-11)14(18)7-3-4-8(7)16(19)20/h5-8H,3-4H2,1-2H3,(H,19,20)/t7-,8-/m1/s1. The van der Waals surface area contributed by atoms with E-state index in [9.17, 15) is 14.0 Å². The summed E-state index contributed by atoms with van der Waals surface area (Å²) in [6.45, 7) is 0. The maximum Gasteiger partial charge on any atom is 0.307 e. The number of fused-ring (bicyclic) bond motifs is 1. The highest BCUT2D eigenvalue weighted by atomic mass is 32.1. The number of carbonyl (C=O) groups excluding carboxylic acids is 1.